The summed E-state index contributed by atoms with van der Waals surface area (Å²) >= 11 is 0. The van der Waals surface area contributed by atoms with Crippen molar-refractivity contribution in [1.29, 1.82) is 0 Å². The number of ether oxygens (including phenoxy) is 1. The molecule has 3 aromatic heterocycles. The van der Waals surface area contributed by atoms with Crippen LogP contribution in [0.2, 0.25) is 0 Å². The molecule has 1 aliphatic heterocycles. The summed E-state index contributed by atoms with van der Waals surface area (Å²) in [6.45, 7) is 9.05. The van der Waals surface area contributed by atoms with Gasteiger partial charge in [0, 0.05) is 36.7 Å². The Kier molecular flexibility index (Phi) is 6.96. The number of aromatic nitrogens is 5. The highest BCUT2D eigenvalue weighted by Gasteiger charge is 2.69. The van der Waals surface area contributed by atoms with Crippen molar-refractivity contribution < 1.29 is 27.0 Å². The molecule has 41 heavy (non-hydrogen) atoms. The first-order valence-corrected chi connectivity index (χ1v) is 15.0. The zero-order valence-corrected chi connectivity index (χ0v) is 25.7. The van der Waals surface area contributed by atoms with Crippen LogP contribution in [0.15, 0.2) is 35.5 Å². The Morgan fingerprint density at radius 1 is 1.27 bits per heavy atom. The molecular weight excluding hydrogens is 569 g/mol. The van der Waals surface area contributed by atoms with Crippen molar-refractivity contribution in [2.75, 3.05) is 18.1 Å². The second-order valence-electron chi connectivity index (χ2n) is 12.6. The van der Waals surface area contributed by atoms with Crippen LogP contribution in [0.25, 0.3) is 5.82 Å². The van der Waals surface area contributed by atoms with Crippen LogP contribution in [0.4, 0.5) is 10.2 Å². The van der Waals surface area contributed by atoms with E-state index in [2.05, 4.69) is 40.6 Å². The maximum atomic E-state index is 13.8. The van der Waals surface area contributed by atoms with Gasteiger partial charge in [0.1, 0.15) is 11.5 Å². The molecular formula is C27H37FN7O4S2+. The smallest absolute Gasteiger partial charge is 0.272 e. The van der Waals surface area contributed by atoms with Gasteiger partial charge in [0.05, 0.1) is 18.4 Å². The molecule has 4 aliphatic rings. The van der Waals surface area contributed by atoms with Gasteiger partial charge in [-0.25, -0.2) is 27.2 Å². The van der Waals surface area contributed by atoms with Crippen molar-refractivity contribution in [1.82, 2.24) is 24.6 Å². The molecule has 3 aliphatic carbocycles. The minimum absolute atomic E-state index is 0. The van der Waals surface area contributed by atoms with Gasteiger partial charge in [0.15, 0.2) is 17.8 Å². The zero-order valence-electron chi connectivity index (χ0n) is 23.9. The van der Waals surface area contributed by atoms with Gasteiger partial charge in [-0.2, -0.15) is 18.6 Å². The average molecular weight is 607 g/mol. The number of carbonyl (C=O) groups is 1. The molecule has 14 heteroatoms. The summed E-state index contributed by atoms with van der Waals surface area (Å²) in [6.07, 6.45) is 5.61. The Bertz CT molecular complexity index is 1600. The highest BCUT2D eigenvalue weighted by atomic mass is 32.2. The third-order valence-electron chi connectivity index (χ3n) is 8.60. The summed E-state index contributed by atoms with van der Waals surface area (Å²) in [6, 6.07) is 4.94. The number of hydrogen-bond donors (Lipinski definition) is 2. The molecule has 1 amide bonds. The molecule has 2 N–H and O–H groups in total. The molecule has 4 fully saturated rings. The Morgan fingerprint density at radius 2 is 1.98 bits per heavy atom. The van der Waals surface area contributed by atoms with E-state index in [0.717, 1.165) is 6.42 Å². The van der Waals surface area contributed by atoms with Crippen LogP contribution in [-0.2, 0) is 17.1 Å². The van der Waals surface area contributed by atoms with E-state index >= 15 is 0 Å². The number of rotatable bonds is 8. The van der Waals surface area contributed by atoms with Crippen LogP contribution < -0.4 is 19.0 Å². The van der Waals surface area contributed by atoms with Crippen LogP contribution in [0.3, 0.4) is 0 Å². The van der Waals surface area contributed by atoms with Crippen LogP contribution in [0, 0.1) is 18.3 Å². The van der Waals surface area contributed by atoms with E-state index in [0.29, 0.717) is 61.5 Å². The van der Waals surface area contributed by atoms with E-state index in [-0.39, 0.29) is 34.9 Å². The topological polar surface area (TPSA) is 126 Å². The quantitative estimate of drug-likeness (QED) is 0.378. The fourth-order valence-electron chi connectivity index (χ4n) is 6.69. The standard InChI is InChI=1S/C27H34FN7O4S.H2S/c1-17-10-25(3,4)34(12-17)23-19(24(36)32-40(37,38)20-11-29-33(5)18(20)2)6-7-21(30-23)35-9-8-22(31-35)39-16-26-13-27(28,14-26)15-26;/h6-9,11,17H,10,12-16H2,1-5H3,(H,32,36);1H2/p+1/t17-,26?,27?;/m0./s1. The second kappa shape index (κ2) is 9.72. The highest BCUT2D eigenvalue weighted by Crippen LogP contribution is 2.69. The first-order chi connectivity index (χ1) is 18.7. The lowest BCUT2D eigenvalue weighted by Gasteiger charge is -2.65. The van der Waals surface area contributed by atoms with Crippen molar-refractivity contribution >= 4 is 35.2 Å². The van der Waals surface area contributed by atoms with Gasteiger partial charge >= 0.3 is 0 Å². The number of alkyl halides is 1. The summed E-state index contributed by atoms with van der Waals surface area (Å²) in [5, 5.41) is 7.31. The van der Waals surface area contributed by atoms with E-state index in [1.54, 1.807) is 47.7 Å². The molecule has 0 aromatic carbocycles. The molecule has 0 spiro atoms. The third-order valence-corrected chi connectivity index (χ3v) is 10.0. The number of sulfonamides is 1. The second-order valence-corrected chi connectivity index (χ2v) is 14.2. The lowest BCUT2D eigenvalue weighted by Crippen LogP contribution is -2.66. The number of H-pyrrole nitrogens is 1. The Hall–Kier alpha value is -3.13. The summed E-state index contributed by atoms with van der Waals surface area (Å²) in [7, 11) is -2.44. The first-order valence-electron chi connectivity index (χ1n) is 13.5. The van der Waals surface area contributed by atoms with Crippen molar-refractivity contribution in [3.8, 4) is 11.7 Å². The number of aryl methyl sites for hydroxylation is 1. The van der Waals surface area contributed by atoms with Gasteiger partial charge < -0.3 is 9.64 Å². The fraction of sp³-hybridized carbons (Fsp3) is 0.556. The molecule has 7 rings (SSSR count). The summed E-state index contributed by atoms with van der Waals surface area (Å²) in [5.74, 6) is 0.852. The van der Waals surface area contributed by atoms with Gasteiger partial charge in [-0.3, -0.25) is 4.79 Å². The lowest BCUT2D eigenvalue weighted by molar-refractivity contribution is -0.733. The third kappa shape index (κ3) is 5.09. The van der Waals surface area contributed by atoms with Crippen molar-refractivity contribution in [2.24, 2.45) is 18.4 Å². The molecule has 1 saturated heterocycles. The largest absolute Gasteiger partial charge is 0.476 e. The SMILES string of the molecule is Cc1c(S(=O)(=O)NC(=O)c2ccc(-n3ccc(OCC45CC(F)(C4)C5)n3)nc2N2C[C@@H](C)CC2(C)C)c[nH][n+]1C.S. The minimum atomic E-state index is -4.13. The number of aromatic amines is 1. The number of anilines is 1. The number of nitrogens with zero attached hydrogens (tertiary/aromatic N) is 5. The van der Waals surface area contributed by atoms with E-state index in [1.807, 2.05) is 0 Å². The van der Waals surface area contributed by atoms with Gasteiger partial charge in [0.2, 0.25) is 11.6 Å². The maximum absolute atomic E-state index is 13.8. The molecule has 0 radical (unpaired) electrons. The molecule has 11 nitrogen and oxygen atoms in total. The number of nitrogens with one attached hydrogen (secondary N) is 2. The van der Waals surface area contributed by atoms with Gasteiger partial charge in [-0.15, -0.1) is 9.78 Å². The highest BCUT2D eigenvalue weighted by molar-refractivity contribution is 7.90. The average Bonchev–Trinajstić information content (AvgIpc) is 3.52. The summed E-state index contributed by atoms with van der Waals surface area (Å²) < 4.78 is 51.2. The van der Waals surface area contributed by atoms with E-state index < -0.39 is 21.6 Å². The van der Waals surface area contributed by atoms with Gasteiger partial charge in [-0.1, -0.05) is 6.92 Å². The number of halogens is 1. The summed E-state index contributed by atoms with van der Waals surface area (Å²) in [5.41, 5.74) is -0.722. The van der Waals surface area contributed by atoms with Crippen LogP contribution in [-0.4, -0.2) is 58.5 Å². The molecule has 4 heterocycles. The molecule has 3 aromatic rings. The van der Waals surface area contributed by atoms with Gasteiger partial charge in [0.25, 0.3) is 15.9 Å². The zero-order chi connectivity index (χ0) is 28.7. The molecule has 0 unspecified atom stereocenters. The first kappa shape index (κ1) is 29.4. The van der Waals surface area contributed by atoms with Crippen molar-refractivity contribution in [3.05, 3.63) is 41.9 Å². The van der Waals surface area contributed by atoms with Crippen LogP contribution in [0.1, 0.15) is 62.5 Å². The Labute approximate surface area is 246 Å². The molecule has 2 bridgehead atoms. The number of amides is 1. The van der Waals surface area contributed by atoms with E-state index in [9.17, 15) is 17.6 Å². The van der Waals surface area contributed by atoms with Crippen LogP contribution >= 0.6 is 13.5 Å². The summed E-state index contributed by atoms with van der Waals surface area (Å²) in [4.78, 5) is 20.3. The van der Waals surface area contributed by atoms with E-state index in [4.69, 9.17) is 9.72 Å². The van der Waals surface area contributed by atoms with Crippen LogP contribution in [0.5, 0.6) is 5.88 Å². The van der Waals surface area contributed by atoms with Crippen molar-refractivity contribution in [3.63, 3.8) is 0 Å². The molecule has 222 valence electrons. The predicted octanol–water partition coefficient (Wildman–Crippen LogP) is 2.86. The Morgan fingerprint density at radius 3 is 2.56 bits per heavy atom. The monoisotopic (exact) mass is 606 g/mol. The number of carbonyl (C=O) groups excluding carboxylic acids is 1. The number of hydrogen-bond acceptors (Lipinski definition) is 7. The normalized spacial score (nSPS) is 26.1. The van der Waals surface area contributed by atoms with Gasteiger partial charge in [-0.05, 0) is 57.6 Å². The van der Waals surface area contributed by atoms with Crippen molar-refractivity contribution in [2.45, 2.75) is 69.5 Å². The lowest BCUT2D eigenvalue weighted by atomic mass is 9.43. The van der Waals surface area contributed by atoms with E-state index in [1.165, 1.54) is 6.20 Å². The molecule has 1 atom stereocenters. The minimum Gasteiger partial charge on any atom is -0.476 e. The molecule has 3 saturated carbocycles. The predicted molar refractivity (Wildman–Crippen MR) is 154 cm³/mol. The fourth-order valence-corrected chi connectivity index (χ4v) is 7.88. The number of pyridine rings is 1. The Balaban J connectivity index is 0.00000337. The maximum Gasteiger partial charge on any atom is 0.272 e.